The van der Waals surface area contributed by atoms with Gasteiger partial charge in [0, 0.05) is 30.9 Å². The van der Waals surface area contributed by atoms with E-state index in [2.05, 4.69) is 54.1 Å². The molecule has 1 aromatic carbocycles. The minimum absolute atomic E-state index is 0.544. The fourth-order valence-corrected chi connectivity index (χ4v) is 4.04. The summed E-state index contributed by atoms with van der Waals surface area (Å²) in [7, 11) is 0. The largest absolute Gasteiger partial charge is 0.402 e. The third-order valence-electron chi connectivity index (χ3n) is 4.51. The van der Waals surface area contributed by atoms with E-state index in [-0.39, 0.29) is 0 Å². The lowest BCUT2D eigenvalue weighted by atomic mass is 9.93. The van der Waals surface area contributed by atoms with E-state index in [1.54, 1.807) is 11.3 Å². The van der Waals surface area contributed by atoms with Gasteiger partial charge in [0.25, 0.3) is 0 Å². The molecule has 0 amide bonds. The van der Waals surface area contributed by atoms with Crippen LogP contribution in [0.4, 0.5) is 5.13 Å². The molecule has 3 nitrogen and oxygen atoms in total. The van der Waals surface area contributed by atoms with Crippen LogP contribution in [0.2, 0.25) is 0 Å². The molecule has 3 rings (SSSR count). The number of piperidine rings is 1. The molecule has 0 saturated carbocycles. The van der Waals surface area contributed by atoms with Crippen LogP contribution >= 0.6 is 11.3 Å². The predicted octanol–water partition coefficient (Wildman–Crippen LogP) is 4.59. The zero-order valence-corrected chi connectivity index (χ0v) is 14.8. The van der Waals surface area contributed by atoms with Crippen LogP contribution in [0.3, 0.4) is 0 Å². The summed E-state index contributed by atoms with van der Waals surface area (Å²) in [6, 6.07) is 8.66. The van der Waals surface area contributed by atoms with E-state index in [0.717, 1.165) is 43.2 Å². The topological polar surface area (TPSA) is 42.1 Å². The van der Waals surface area contributed by atoms with Crippen molar-refractivity contribution < 1.29 is 0 Å². The number of allylic oxidation sites excluding steroid dienone is 2. The minimum atomic E-state index is 0.544. The van der Waals surface area contributed by atoms with Crippen molar-refractivity contribution in [3.8, 4) is 10.4 Å². The lowest BCUT2D eigenvalue weighted by molar-refractivity contribution is 0.454. The van der Waals surface area contributed by atoms with Crippen LogP contribution in [0.15, 0.2) is 42.2 Å². The molecule has 2 aromatic rings. The van der Waals surface area contributed by atoms with Crippen molar-refractivity contribution in [2.45, 2.75) is 33.1 Å². The van der Waals surface area contributed by atoms with Gasteiger partial charge in [-0.05, 0) is 31.7 Å². The second-order valence-electron chi connectivity index (χ2n) is 6.25. The lowest BCUT2D eigenvalue weighted by Crippen LogP contribution is -2.35. The molecule has 0 aliphatic carbocycles. The number of hydrogen-bond donors (Lipinski definition) is 1. The summed E-state index contributed by atoms with van der Waals surface area (Å²) in [6.45, 7) is 6.35. The van der Waals surface area contributed by atoms with Crippen molar-refractivity contribution in [2.24, 2.45) is 11.7 Å². The number of aryl methyl sites for hydroxylation is 1. The second-order valence-corrected chi connectivity index (χ2v) is 7.26. The van der Waals surface area contributed by atoms with Gasteiger partial charge in [-0.1, -0.05) is 54.2 Å². The molecular formula is C19H25N3S. The predicted molar refractivity (Wildman–Crippen MR) is 99.8 cm³/mol. The van der Waals surface area contributed by atoms with Crippen molar-refractivity contribution in [1.29, 1.82) is 0 Å². The van der Waals surface area contributed by atoms with Gasteiger partial charge in [0.05, 0.1) is 4.88 Å². The summed E-state index contributed by atoms with van der Waals surface area (Å²) in [5.41, 5.74) is 9.78. The molecule has 1 aliphatic rings. The van der Waals surface area contributed by atoms with Crippen molar-refractivity contribution in [3.05, 3.63) is 47.8 Å². The van der Waals surface area contributed by atoms with Crippen LogP contribution in [-0.2, 0) is 0 Å². The van der Waals surface area contributed by atoms with Gasteiger partial charge in [0.15, 0.2) is 5.13 Å². The van der Waals surface area contributed by atoms with Crippen LogP contribution < -0.4 is 10.6 Å². The van der Waals surface area contributed by atoms with Crippen molar-refractivity contribution in [1.82, 2.24) is 4.98 Å². The quantitative estimate of drug-likeness (QED) is 0.893. The number of thiazole rings is 1. The molecule has 1 aromatic heterocycles. The highest BCUT2D eigenvalue weighted by Gasteiger charge is 2.22. The summed E-state index contributed by atoms with van der Waals surface area (Å²) < 4.78 is 0. The molecule has 0 spiro atoms. The number of nitrogens with zero attached hydrogens (tertiary/aromatic N) is 2. The van der Waals surface area contributed by atoms with Crippen LogP contribution in [-0.4, -0.2) is 18.1 Å². The smallest absolute Gasteiger partial charge is 0.185 e. The molecule has 2 heterocycles. The number of nitrogens with two attached hydrogens (primary N) is 1. The van der Waals surface area contributed by atoms with E-state index >= 15 is 0 Å². The molecule has 0 radical (unpaired) electrons. The van der Waals surface area contributed by atoms with Crippen molar-refractivity contribution in [3.63, 3.8) is 0 Å². The minimum Gasteiger partial charge on any atom is -0.402 e. The Morgan fingerprint density at radius 2 is 2.00 bits per heavy atom. The highest BCUT2D eigenvalue weighted by molar-refractivity contribution is 7.18. The van der Waals surface area contributed by atoms with Crippen LogP contribution in [0.5, 0.6) is 0 Å². The van der Waals surface area contributed by atoms with Gasteiger partial charge in [-0.15, -0.1) is 0 Å². The maximum Gasteiger partial charge on any atom is 0.185 e. The molecule has 0 unspecified atom stereocenters. The van der Waals surface area contributed by atoms with E-state index < -0.39 is 0 Å². The average molecular weight is 327 g/mol. The van der Waals surface area contributed by atoms with Gasteiger partial charge >= 0.3 is 0 Å². The Bertz CT molecular complexity index is 664. The lowest BCUT2D eigenvalue weighted by Gasteiger charge is -2.32. The molecule has 4 heteroatoms. The third kappa shape index (κ3) is 3.75. The van der Waals surface area contributed by atoms with Gasteiger partial charge in [-0.3, -0.25) is 0 Å². The highest BCUT2D eigenvalue weighted by Crippen LogP contribution is 2.33. The average Bonchev–Trinajstić information content (AvgIpc) is 3.06. The summed E-state index contributed by atoms with van der Waals surface area (Å²) in [5.74, 6) is 0.544. The number of anilines is 1. The van der Waals surface area contributed by atoms with E-state index in [9.17, 15) is 0 Å². The third-order valence-corrected chi connectivity index (χ3v) is 5.61. The first-order valence-corrected chi connectivity index (χ1v) is 9.22. The summed E-state index contributed by atoms with van der Waals surface area (Å²) in [5, 5.41) is 1.14. The zero-order valence-electron chi connectivity index (χ0n) is 14.0. The highest BCUT2D eigenvalue weighted by atomic mass is 32.1. The summed E-state index contributed by atoms with van der Waals surface area (Å²) >= 11 is 1.79. The van der Waals surface area contributed by atoms with E-state index in [0.29, 0.717) is 5.92 Å². The number of aromatic nitrogens is 1. The Balaban J connectivity index is 1.66. The first-order chi connectivity index (χ1) is 11.2. The molecule has 1 saturated heterocycles. The maximum absolute atomic E-state index is 6.16. The Kier molecular flexibility index (Phi) is 5.01. The number of benzene rings is 1. The van der Waals surface area contributed by atoms with Gasteiger partial charge in [0.1, 0.15) is 0 Å². The molecule has 2 N–H and O–H groups in total. The van der Waals surface area contributed by atoms with Crippen LogP contribution in [0, 0.1) is 12.8 Å². The molecule has 23 heavy (non-hydrogen) atoms. The Morgan fingerprint density at radius 1 is 1.30 bits per heavy atom. The van der Waals surface area contributed by atoms with Crippen molar-refractivity contribution in [2.75, 3.05) is 18.0 Å². The SMILES string of the molecule is CC/C=C(/N)C1CCN(c2ncc(-c3ccc(C)cc3)s2)CC1. The van der Waals surface area contributed by atoms with E-state index in [1.165, 1.54) is 16.0 Å². The monoisotopic (exact) mass is 327 g/mol. The fourth-order valence-electron chi connectivity index (χ4n) is 3.07. The zero-order chi connectivity index (χ0) is 16.2. The molecule has 122 valence electrons. The van der Waals surface area contributed by atoms with Gasteiger partial charge in [0.2, 0.25) is 0 Å². The van der Waals surface area contributed by atoms with Crippen LogP contribution in [0.1, 0.15) is 31.7 Å². The first-order valence-electron chi connectivity index (χ1n) is 8.40. The van der Waals surface area contributed by atoms with Gasteiger partial charge < -0.3 is 10.6 Å². The first kappa shape index (κ1) is 16.1. The summed E-state index contributed by atoms with van der Waals surface area (Å²) in [4.78, 5) is 8.29. The Morgan fingerprint density at radius 3 is 2.65 bits per heavy atom. The molecular weight excluding hydrogens is 302 g/mol. The van der Waals surface area contributed by atoms with Crippen LogP contribution in [0.25, 0.3) is 10.4 Å². The normalized spacial score (nSPS) is 16.8. The molecule has 0 atom stereocenters. The number of hydrogen-bond acceptors (Lipinski definition) is 4. The van der Waals surface area contributed by atoms with Crippen molar-refractivity contribution >= 4 is 16.5 Å². The fraction of sp³-hybridized carbons (Fsp3) is 0.421. The molecule has 1 aliphatic heterocycles. The molecule has 1 fully saturated rings. The van der Waals surface area contributed by atoms with Gasteiger partial charge in [-0.25, -0.2) is 4.98 Å². The second kappa shape index (κ2) is 7.18. The molecule has 0 bridgehead atoms. The number of rotatable bonds is 4. The maximum atomic E-state index is 6.16. The summed E-state index contributed by atoms with van der Waals surface area (Å²) in [6.07, 6.45) is 7.45. The standard InChI is InChI=1S/C19H25N3S/c1-3-4-17(20)15-9-11-22(12-10-15)19-21-13-18(23-19)16-7-5-14(2)6-8-16/h4-8,13,15H,3,9-12,20H2,1-2H3/b17-4+. The Labute approximate surface area is 142 Å². The van der Waals surface area contributed by atoms with Gasteiger partial charge in [-0.2, -0.15) is 0 Å². The van der Waals surface area contributed by atoms with E-state index in [4.69, 9.17) is 5.73 Å². The Hall–Kier alpha value is -1.81. The van der Waals surface area contributed by atoms with E-state index in [1.807, 2.05) is 6.20 Å².